The van der Waals surface area contributed by atoms with Crippen LogP contribution in [0.25, 0.3) is 0 Å². The van der Waals surface area contributed by atoms with E-state index in [0.717, 1.165) is 25.9 Å². The molecule has 1 aliphatic heterocycles. The largest absolute Gasteiger partial charge is 0.368 e. The lowest BCUT2D eigenvalue weighted by atomic mass is 10.1. The number of aromatic nitrogens is 2. The Morgan fingerprint density at radius 1 is 1.41 bits per heavy atom. The van der Waals surface area contributed by atoms with Crippen LogP contribution in [0.3, 0.4) is 0 Å². The highest BCUT2D eigenvalue weighted by molar-refractivity contribution is 5.91. The zero-order chi connectivity index (χ0) is 11.9. The van der Waals surface area contributed by atoms with Crippen LogP contribution in [0.2, 0.25) is 0 Å². The smallest absolute Gasteiger partial charge is 0.250 e. The molecule has 0 saturated carbocycles. The van der Waals surface area contributed by atoms with Gasteiger partial charge in [-0.05, 0) is 25.9 Å². The second kappa shape index (κ2) is 6.27. The third-order valence-electron chi connectivity index (χ3n) is 2.58. The van der Waals surface area contributed by atoms with Gasteiger partial charge in [0, 0.05) is 0 Å². The van der Waals surface area contributed by atoms with Gasteiger partial charge in [-0.1, -0.05) is 0 Å². The van der Waals surface area contributed by atoms with Crippen molar-refractivity contribution in [1.29, 1.82) is 0 Å². The molecule has 0 aliphatic carbocycles. The number of ether oxygens (including phenoxy) is 1. The minimum atomic E-state index is -0.168. The van der Waals surface area contributed by atoms with Crippen LogP contribution in [0, 0.1) is 0 Å². The van der Waals surface area contributed by atoms with Crippen molar-refractivity contribution in [3.05, 3.63) is 18.7 Å². The van der Waals surface area contributed by atoms with Crippen molar-refractivity contribution >= 4 is 11.6 Å². The molecule has 1 aliphatic rings. The number of piperidine rings is 1. The van der Waals surface area contributed by atoms with Crippen LogP contribution in [0.1, 0.15) is 12.8 Å². The van der Waals surface area contributed by atoms with E-state index in [2.05, 4.69) is 20.6 Å². The van der Waals surface area contributed by atoms with Crippen molar-refractivity contribution in [3.8, 4) is 0 Å². The highest BCUT2D eigenvalue weighted by Crippen LogP contribution is 2.07. The zero-order valence-corrected chi connectivity index (χ0v) is 9.56. The average Bonchev–Trinajstić information content (AvgIpc) is 2.39. The number of rotatable bonds is 4. The average molecular weight is 236 g/mol. The van der Waals surface area contributed by atoms with Gasteiger partial charge in [0.25, 0.3) is 0 Å². The maximum atomic E-state index is 11.5. The van der Waals surface area contributed by atoms with Crippen LogP contribution in [-0.4, -0.2) is 41.7 Å². The first-order valence-corrected chi connectivity index (χ1v) is 5.72. The summed E-state index contributed by atoms with van der Waals surface area (Å²) in [7, 11) is 0. The Hall–Kier alpha value is -1.53. The summed E-state index contributed by atoms with van der Waals surface area (Å²) in [6, 6.07) is 0. The fourth-order valence-electron chi connectivity index (χ4n) is 1.72. The summed E-state index contributed by atoms with van der Waals surface area (Å²) in [6.45, 7) is 2.00. The lowest BCUT2D eigenvalue weighted by Gasteiger charge is -2.22. The van der Waals surface area contributed by atoms with Crippen molar-refractivity contribution in [1.82, 2.24) is 15.3 Å². The molecule has 1 aromatic rings. The van der Waals surface area contributed by atoms with Crippen LogP contribution in [0.4, 0.5) is 5.69 Å². The summed E-state index contributed by atoms with van der Waals surface area (Å²) in [5.41, 5.74) is 0.589. The van der Waals surface area contributed by atoms with Gasteiger partial charge in [0.1, 0.15) is 12.9 Å². The molecule has 6 heteroatoms. The number of nitrogens with zero attached hydrogens (tertiary/aromatic N) is 2. The number of hydrogen-bond donors (Lipinski definition) is 2. The molecular formula is C11H16N4O2. The summed E-state index contributed by atoms with van der Waals surface area (Å²) < 4.78 is 5.52. The van der Waals surface area contributed by atoms with Gasteiger partial charge < -0.3 is 15.4 Å². The topological polar surface area (TPSA) is 76.1 Å². The minimum Gasteiger partial charge on any atom is -0.368 e. The van der Waals surface area contributed by atoms with Crippen molar-refractivity contribution in [3.63, 3.8) is 0 Å². The predicted octanol–water partition coefficient (Wildman–Crippen LogP) is 0.184. The molecule has 1 aromatic heterocycles. The van der Waals surface area contributed by atoms with Gasteiger partial charge in [0.15, 0.2) is 0 Å². The Labute approximate surface area is 99.8 Å². The third-order valence-corrected chi connectivity index (χ3v) is 2.58. The van der Waals surface area contributed by atoms with E-state index in [1.807, 2.05) is 0 Å². The van der Waals surface area contributed by atoms with E-state index < -0.39 is 0 Å². The molecule has 2 N–H and O–H groups in total. The number of nitrogens with one attached hydrogen (secondary N) is 2. The molecule has 2 heterocycles. The molecule has 17 heavy (non-hydrogen) atoms. The fourth-order valence-corrected chi connectivity index (χ4v) is 1.72. The lowest BCUT2D eigenvalue weighted by molar-refractivity contribution is -0.123. The van der Waals surface area contributed by atoms with Gasteiger partial charge in [-0.25, -0.2) is 9.97 Å². The van der Waals surface area contributed by atoms with E-state index in [0.29, 0.717) is 5.69 Å². The van der Waals surface area contributed by atoms with Gasteiger partial charge in [0.05, 0.1) is 24.2 Å². The third kappa shape index (κ3) is 4.08. The Balaban J connectivity index is 1.70. The molecule has 0 radical (unpaired) electrons. The molecule has 0 bridgehead atoms. The Bertz CT molecular complexity index is 352. The molecular weight excluding hydrogens is 220 g/mol. The number of carbonyl (C=O) groups excluding carboxylic acids is 1. The molecule has 0 unspecified atom stereocenters. The molecule has 0 aromatic carbocycles. The second-order valence-electron chi connectivity index (χ2n) is 3.94. The summed E-state index contributed by atoms with van der Waals surface area (Å²) in [5, 5.41) is 5.92. The van der Waals surface area contributed by atoms with Gasteiger partial charge in [-0.2, -0.15) is 0 Å². The molecule has 92 valence electrons. The Morgan fingerprint density at radius 3 is 2.82 bits per heavy atom. The number of carbonyl (C=O) groups is 1. The minimum absolute atomic E-state index is 0.0829. The van der Waals surface area contributed by atoms with Crippen molar-refractivity contribution in [2.75, 3.05) is 25.0 Å². The van der Waals surface area contributed by atoms with Crippen LogP contribution < -0.4 is 10.6 Å². The highest BCUT2D eigenvalue weighted by atomic mass is 16.5. The number of hydrogen-bond acceptors (Lipinski definition) is 5. The van der Waals surface area contributed by atoms with Gasteiger partial charge in [-0.3, -0.25) is 4.79 Å². The molecule has 2 rings (SSSR count). The van der Waals surface area contributed by atoms with E-state index in [1.54, 1.807) is 12.4 Å². The van der Waals surface area contributed by atoms with E-state index in [9.17, 15) is 4.79 Å². The SMILES string of the molecule is O=C(COC1CCNCC1)Nc1cncnc1. The van der Waals surface area contributed by atoms with E-state index >= 15 is 0 Å². The van der Waals surface area contributed by atoms with E-state index in [4.69, 9.17) is 4.74 Å². The molecule has 0 spiro atoms. The monoisotopic (exact) mass is 236 g/mol. The first-order valence-electron chi connectivity index (χ1n) is 5.72. The highest BCUT2D eigenvalue weighted by Gasteiger charge is 2.14. The molecule has 1 fully saturated rings. The standard InChI is InChI=1S/C11H16N4O2/c16-11(15-9-5-13-8-14-6-9)7-17-10-1-3-12-4-2-10/h5-6,8,10,12H,1-4,7H2,(H,15,16). The molecule has 1 amide bonds. The zero-order valence-electron chi connectivity index (χ0n) is 9.56. The maximum absolute atomic E-state index is 11.5. The van der Waals surface area contributed by atoms with Crippen LogP contribution in [0.15, 0.2) is 18.7 Å². The van der Waals surface area contributed by atoms with E-state index in [1.165, 1.54) is 6.33 Å². The summed E-state index contributed by atoms with van der Waals surface area (Å²) >= 11 is 0. The first kappa shape index (κ1) is 11.9. The lowest BCUT2D eigenvalue weighted by Crippen LogP contribution is -2.34. The maximum Gasteiger partial charge on any atom is 0.250 e. The van der Waals surface area contributed by atoms with Crippen LogP contribution >= 0.6 is 0 Å². The Morgan fingerprint density at radius 2 is 2.12 bits per heavy atom. The molecule has 0 atom stereocenters. The summed E-state index contributed by atoms with van der Waals surface area (Å²) in [5.74, 6) is -0.168. The van der Waals surface area contributed by atoms with Crippen molar-refractivity contribution in [2.45, 2.75) is 18.9 Å². The fraction of sp³-hybridized carbons (Fsp3) is 0.545. The van der Waals surface area contributed by atoms with Crippen molar-refractivity contribution < 1.29 is 9.53 Å². The Kier molecular flexibility index (Phi) is 4.40. The number of amides is 1. The van der Waals surface area contributed by atoms with Crippen molar-refractivity contribution in [2.24, 2.45) is 0 Å². The summed E-state index contributed by atoms with van der Waals surface area (Å²) in [4.78, 5) is 19.2. The number of anilines is 1. The molecule has 6 nitrogen and oxygen atoms in total. The molecule has 1 saturated heterocycles. The first-order chi connectivity index (χ1) is 8.34. The quantitative estimate of drug-likeness (QED) is 0.780. The van der Waals surface area contributed by atoms with Gasteiger partial charge in [0.2, 0.25) is 5.91 Å². The van der Waals surface area contributed by atoms with Gasteiger partial charge >= 0.3 is 0 Å². The van der Waals surface area contributed by atoms with Gasteiger partial charge in [-0.15, -0.1) is 0 Å². The normalized spacial score (nSPS) is 16.7. The van der Waals surface area contributed by atoms with Crippen LogP contribution in [0.5, 0.6) is 0 Å². The summed E-state index contributed by atoms with van der Waals surface area (Å²) in [6.07, 6.45) is 6.63. The van der Waals surface area contributed by atoms with E-state index in [-0.39, 0.29) is 18.6 Å². The predicted molar refractivity (Wildman–Crippen MR) is 62.5 cm³/mol. The van der Waals surface area contributed by atoms with Crippen LogP contribution in [-0.2, 0) is 9.53 Å². The second-order valence-corrected chi connectivity index (χ2v) is 3.94.